The predicted octanol–water partition coefficient (Wildman–Crippen LogP) is 3.85. The van der Waals surface area contributed by atoms with Crippen molar-refractivity contribution in [2.75, 3.05) is 0 Å². The van der Waals surface area contributed by atoms with Gasteiger partial charge in [-0.25, -0.2) is 0 Å². The Kier molecular flexibility index (Phi) is 4.85. The second-order valence-corrected chi connectivity index (χ2v) is 4.69. The maximum Gasteiger partial charge on any atom is 0.163 e. The summed E-state index contributed by atoms with van der Waals surface area (Å²) in [6, 6.07) is 13.8. The molecule has 0 saturated heterocycles. The van der Waals surface area contributed by atoms with Crippen molar-refractivity contribution in [2.24, 2.45) is 0 Å². The summed E-state index contributed by atoms with van der Waals surface area (Å²) in [7, 11) is 0. The van der Waals surface area contributed by atoms with Gasteiger partial charge in [-0.1, -0.05) is 43.7 Å². The van der Waals surface area contributed by atoms with Gasteiger partial charge in [0, 0.05) is 23.9 Å². The third-order valence-electron chi connectivity index (χ3n) is 3.15. The average molecular weight is 253 g/mol. The van der Waals surface area contributed by atoms with Crippen molar-refractivity contribution in [2.45, 2.75) is 32.6 Å². The van der Waals surface area contributed by atoms with Gasteiger partial charge in [0.15, 0.2) is 5.78 Å². The van der Waals surface area contributed by atoms with Crippen molar-refractivity contribution < 1.29 is 4.79 Å². The van der Waals surface area contributed by atoms with E-state index in [1.54, 1.807) is 6.20 Å². The van der Waals surface area contributed by atoms with Crippen LogP contribution in [0.2, 0.25) is 0 Å². The van der Waals surface area contributed by atoms with Gasteiger partial charge in [-0.15, -0.1) is 0 Å². The Morgan fingerprint density at radius 3 is 2.47 bits per heavy atom. The van der Waals surface area contributed by atoms with E-state index < -0.39 is 0 Å². The zero-order valence-corrected chi connectivity index (χ0v) is 11.3. The standard InChI is InChI=1S/C17H19NO/c1-2-5-14-7-9-15(10-8-14)17(19)12-11-16-6-3-4-13-18-16/h3-4,6-10,13H,2,5,11-12H2,1H3. The fraction of sp³-hybridized carbons (Fsp3) is 0.294. The van der Waals surface area contributed by atoms with E-state index in [0.29, 0.717) is 12.8 Å². The van der Waals surface area contributed by atoms with Crippen LogP contribution >= 0.6 is 0 Å². The lowest BCUT2D eigenvalue weighted by atomic mass is 10.0. The number of aryl methyl sites for hydroxylation is 2. The Hall–Kier alpha value is -1.96. The second kappa shape index (κ2) is 6.83. The van der Waals surface area contributed by atoms with Gasteiger partial charge in [-0.2, -0.15) is 0 Å². The van der Waals surface area contributed by atoms with Gasteiger partial charge in [-0.3, -0.25) is 9.78 Å². The number of pyridine rings is 1. The van der Waals surface area contributed by atoms with Gasteiger partial charge < -0.3 is 0 Å². The molecular weight excluding hydrogens is 234 g/mol. The van der Waals surface area contributed by atoms with E-state index in [9.17, 15) is 4.79 Å². The first-order chi connectivity index (χ1) is 9.29. The van der Waals surface area contributed by atoms with Crippen molar-refractivity contribution >= 4 is 5.78 Å². The van der Waals surface area contributed by atoms with Crippen LogP contribution in [0, 0.1) is 0 Å². The van der Waals surface area contributed by atoms with E-state index in [1.165, 1.54) is 5.56 Å². The second-order valence-electron chi connectivity index (χ2n) is 4.69. The maximum absolute atomic E-state index is 12.1. The zero-order chi connectivity index (χ0) is 13.5. The fourth-order valence-corrected chi connectivity index (χ4v) is 2.08. The number of hydrogen-bond donors (Lipinski definition) is 0. The number of benzene rings is 1. The number of carbonyl (C=O) groups excluding carboxylic acids is 1. The lowest BCUT2D eigenvalue weighted by Gasteiger charge is -2.03. The maximum atomic E-state index is 12.1. The molecule has 1 heterocycles. The smallest absolute Gasteiger partial charge is 0.163 e. The Balaban J connectivity index is 1.92. The third kappa shape index (κ3) is 4.02. The molecule has 0 fully saturated rings. The Bertz CT molecular complexity index is 517. The minimum Gasteiger partial charge on any atom is -0.294 e. The molecule has 0 amide bonds. The van der Waals surface area contributed by atoms with Crippen LogP contribution in [0.3, 0.4) is 0 Å². The molecule has 0 N–H and O–H groups in total. The van der Waals surface area contributed by atoms with Crippen LogP contribution in [0.5, 0.6) is 0 Å². The molecule has 1 aromatic heterocycles. The molecule has 2 nitrogen and oxygen atoms in total. The largest absolute Gasteiger partial charge is 0.294 e. The molecule has 0 unspecified atom stereocenters. The summed E-state index contributed by atoms with van der Waals surface area (Å²) in [6.07, 6.45) is 5.19. The van der Waals surface area contributed by atoms with Crippen LogP contribution < -0.4 is 0 Å². The number of hydrogen-bond acceptors (Lipinski definition) is 2. The molecule has 19 heavy (non-hydrogen) atoms. The summed E-state index contributed by atoms with van der Waals surface area (Å²) in [5.41, 5.74) is 3.07. The minimum absolute atomic E-state index is 0.189. The molecule has 0 spiro atoms. The van der Waals surface area contributed by atoms with Crippen LogP contribution in [-0.4, -0.2) is 10.8 Å². The molecule has 0 atom stereocenters. The summed E-state index contributed by atoms with van der Waals surface area (Å²) in [5.74, 6) is 0.189. The van der Waals surface area contributed by atoms with E-state index in [-0.39, 0.29) is 5.78 Å². The Labute approximate surface area is 114 Å². The molecule has 98 valence electrons. The van der Waals surface area contributed by atoms with E-state index in [4.69, 9.17) is 0 Å². The van der Waals surface area contributed by atoms with E-state index >= 15 is 0 Å². The fourth-order valence-electron chi connectivity index (χ4n) is 2.08. The zero-order valence-electron chi connectivity index (χ0n) is 11.3. The lowest BCUT2D eigenvalue weighted by Crippen LogP contribution is -2.02. The van der Waals surface area contributed by atoms with Crippen molar-refractivity contribution in [1.29, 1.82) is 0 Å². The molecule has 0 saturated carbocycles. The molecule has 1 aromatic carbocycles. The summed E-state index contributed by atoms with van der Waals surface area (Å²) in [5, 5.41) is 0. The third-order valence-corrected chi connectivity index (χ3v) is 3.15. The van der Waals surface area contributed by atoms with Crippen molar-refractivity contribution in [3.8, 4) is 0 Å². The van der Waals surface area contributed by atoms with Gasteiger partial charge in [0.1, 0.15) is 0 Å². The van der Waals surface area contributed by atoms with E-state index in [1.807, 2.05) is 30.3 Å². The van der Waals surface area contributed by atoms with Gasteiger partial charge in [0.25, 0.3) is 0 Å². The molecule has 2 heteroatoms. The topological polar surface area (TPSA) is 30.0 Å². The highest BCUT2D eigenvalue weighted by Gasteiger charge is 2.06. The van der Waals surface area contributed by atoms with Crippen LogP contribution in [-0.2, 0) is 12.8 Å². The first-order valence-electron chi connectivity index (χ1n) is 6.81. The van der Waals surface area contributed by atoms with Crippen molar-refractivity contribution in [1.82, 2.24) is 4.98 Å². The number of ketones is 1. The SMILES string of the molecule is CCCc1ccc(C(=O)CCc2ccccn2)cc1. The first kappa shape index (κ1) is 13.5. The highest BCUT2D eigenvalue weighted by molar-refractivity contribution is 5.96. The molecule has 0 aliphatic heterocycles. The number of nitrogens with zero attached hydrogens (tertiary/aromatic N) is 1. The van der Waals surface area contributed by atoms with Crippen molar-refractivity contribution in [3.05, 3.63) is 65.5 Å². The number of Topliss-reactive ketones (excluding diaryl/α,β-unsaturated/α-hetero) is 1. The van der Waals surface area contributed by atoms with Crippen LogP contribution in [0.25, 0.3) is 0 Å². The minimum atomic E-state index is 0.189. The first-order valence-corrected chi connectivity index (χ1v) is 6.81. The molecule has 2 aromatic rings. The normalized spacial score (nSPS) is 10.4. The monoisotopic (exact) mass is 253 g/mol. The summed E-state index contributed by atoms with van der Waals surface area (Å²) < 4.78 is 0. The number of rotatable bonds is 6. The molecule has 0 bridgehead atoms. The lowest BCUT2D eigenvalue weighted by molar-refractivity contribution is 0.0982. The average Bonchev–Trinajstić information content (AvgIpc) is 2.47. The van der Waals surface area contributed by atoms with E-state index in [2.05, 4.69) is 24.0 Å². The number of aromatic nitrogens is 1. The Morgan fingerprint density at radius 2 is 1.84 bits per heavy atom. The predicted molar refractivity (Wildman–Crippen MR) is 77.3 cm³/mol. The molecule has 0 radical (unpaired) electrons. The Morgan fingerprint density at radius 1 is 1.05 bits per heavy atom. The van der Waals surface area contributed by atoms with Crippen LogP contribution in [0.15, 0.2) is 48.7 Å². The quantitative estimate of drug-likeness (QED) is 0.732. The molecule has 2 rings (SSSR count). The van der Waals surface area contributed by atoms with Gasteiger partial charge >= 0.3 is 0 Å². The molecule has 0 aliphatic rings. The summed E-state index contributed by atoms with van der Waals surface area (Å²) in [6.45, 7) is 2.16. The van der Waals surface area contributed by atoms with Gasteiger partial charge in [-0.05, 0) is 30.5 Å². The number of carbonyl (C=O) groups is 1. The highest BCUT2D eigenvalue weighted by Crippen LogP contribution is 2.10. The highest BCUT2D eigenvalue weighted by atomic mass is 16.1. The summed E-state index contributed by atoms with van der Waals surface area (Å²) >= 11 is 0. The van der Waals surface area contributed by atoms with Gasteiger partial charge in [0.05, 0.1) is 0 Å². The van der Waals surface area contributed by atoms with E-state index in [0.717, 1.165) is 24.1 Å². The van der Waals surface area contributed by atoms with Gasteiger partial charge in [0.2, 0.25) is 0 Å². The summed E-state index contributed by atoms with van der Waals surface area (Å²) in [4.78, 5) is 16.3. The van der Waals surface area contributed by atoms with Crippen molar-refractivity contribution in [3.63, 3.8) is 0 Å². The van der Waals surface area contributed by atoms with Crippen LogP contribution in [0.1, 0.15) is 41.4 Å². The molecular formula is C17H19NO. The molecule has 0 aliphatic carbocycles. The van der Waals surface area contributed by atoms with Crippen LogP contribution in [0.4, 0.5) is 0 Å².